The molecular weight excluding hydrogens is 462 g/mol. The summed E-state index contributed by atoms with van der Waals surface area (Å²) in [6, 6.07) is 25.3. The van der Waals surface area contributed by atoms with Crippen LogP contribution in [0.4, 0.5) is 15.3 Å². The second-order valence-corrected chi connectivity index (χ2v) is 8.01. The van der Waals surface area contributed by atoms with Gasteiger partial charge in [0.1, 0.15) is 19.2 Å². The number of imide groups is 1. The second-order valence-electron chi connectivity index (χ2n) is 8.01. The smallest absolute Gasteiger partial charge is 0.407 e. The standard InChI is InChI=1S/C27H25N3O6/c1-19(36-23(31)17-28-26(33)35-18-20-11-5-2-6-12-20)29-25(32)24(21-13-7-3-8-14-21)30(27(29)34)22-15-9-4-10-16-22/h2-16,19,24H,17-18H2,1H3,(H,28,33). The van der Waals surface area contributed by atoms with E-state index in [9.17, 15) is 19.2 Å². The van der Waals surface area contributed by atoms with Crippen molar-refractivity contribution >= 4 is 29.7 Å². The Labute approximate surface area is 208 Å². The molecule has 0 radical (unpaired) electrons. The van der Waals surface area contributed by atoms with Gasteiger partial charge in [0.2, 0.25) is 0 Å². The summed E-state index contributed by atoms with van der Waals surface area (Å²) in [6.07, 6.45) is -1.99. The van der Waals surface area contributed by atoms with Crippen LogP contribution in [-0.4, -0.2) is 41.7 Å². The molecule has 1 N–H and O–H groups in total. The second kappa shape index (κ2) is 11.2. The number of para-hydroxylation sites is 1. The molecular formula is C27H25N3O6. The van der Waals surface area contributed by atoms with Crippen molar-refractivity contribution in [3.05, 3.63) is 102 Å². The highest BCUT2D eigenvalue weighted by molar-refractivity contribution is 6.14. The van der Waals surface area contributed by atoms with E-state index in [1.807, 2.05) is 30.3 Å². The number of esters is 1. The molecule has 1 fully saturated rings. The first-order valence-corrected chi connectivity index (χ1v) is 11.4. The third-order valence-electron chi connectivity index (χ3n) is 5.55. The molecule has 2 atom stereocenters. The van der Waals surface area contributed by atoms with Crippen LogP contribution in [0.3, 0.4) is 0 Å². The number of hydrogen-bond acceptors (Lipinski definition) is 6. The molecule has 1 heterocycles. The van der Waals surface area contributed by atoms with Gasteiger partial charge in [-0.05, 0) is 30.2 Å². The number of anilines is 1. The molecule has 9 nitrogen and oxygen atoms in total. The maximum Gasteiger partial charge on any atom is 0.407 e. The van der Waals surface area contributed by atoms with Gasteiger partial charge in [-0.15, -0.1) is 0 Å². The lowest BCUT2D eigenvalue weighted by Gasteiger charge is -2.23. The quantitative estimate of drug-likeness (QED) is 0.380. The largest absolute Gasteiger partial charge is 0.445 e. The first-order chi connectivity index (χ1) is 17.5. The Balaban J connectivity index is 1.40. The van der Waals surface area contributed by atoms with Gasteiger partial charge >= 0.3 is 18.1 Å². The monoisotopic (exact) mass is 487 g/mol. The van der Waals surface area contributed by atoms with Crippen molar-refractivity contribution in [3.63, 3.8) is 0 Å². The molecule has 184 valence electrons. The maximum absolute atomic E-state index is 13.4. The predicted molar refractivity (Wildman–Crippen MR) is 131 cm³/mol. The lowest BCUT2D eigenvalue weighted by atomic mass is 10.1. The normalized spacial score (nSPS) is 16.0. The maximum atomic E-state index is 13.4. The van der Waals surface area contributed by atoms with Crippen LogP contribution < -0.4 is 10.2 Å². The van der Waals surface area contributed by atoms with Crippen LogP contribution in [-0.2, 0) is 25.7 Å². The molecule has 3 aromatic rings. The summed E-state index contributed by atoms with van der Waals surface area (Å²) in [7, 11) is 0. The fourth-order valence-electron chi connectivity index (χ4n) is 3.88. The van der Waals surface area contributed by atoms with Crippen molar-refractivity contribution in [1.29, 1.82) is 0 Å². The van der Waals surface area contributed by atoms with E-state index in [0.717, 1.165) is 10.5 Å². The van der Waals surface area contributed by atoms with Gasteiger partial charge in [-0.2, -0.15) is 0 Å². The number of nitrogens with one attached hydrogen (secondary N) is 1. The first kappa shape index (κ1) is 24.5. The number of rotatable bonds is 8. The summed E-state index contributed by atoms with van der Waals surface area (Å²) in [5.41, 5.74) is 1.96. The van der Waals surface area contributed by atoms with E-state index in [1.54, 1.807) is 60.7 Å². The number of carbonyl (C=O) groups excluding carboxylic acids is 4. The minimum atomic E-state index is -1.19. The Bertz CT molecular complexity index is 1160. The molecule has 1 saturated heterocycles. The molecule has 0 bridgehead atoms. The van der Waals surface area contributed by atoms with Gasteiger partial charge in [0.15, 0.2) is 6.23 Å². The molecule has 0 aliphatic carbocycles. The zero-order valence-corrected chi connectivity index (χ0v) is 19.6. The Hall–Kier alpha value is -4.66. The topological polar surface area (TPSA) is 105 Å². The molecule has 3 aromatic carbocycles. The molecule has 0 saturated carbocycles. The van der Waals surface area contributed by atoms with Crippen molar-refractivity contribution < 1.29 is 28.7 Å². The SMILES string of the molecule is CC(OC(=O)CNC(=O)OCc1ccccc1)N1C(=O)C(c2ccccc2)N(c2ccccc2)C1=O. The summed E-state index contributed by atoms with van der Waals surface area (Å²) in [5, 5.41) is 2.31. The first-order valence-electron chi connectivity index (χ1n) is 11.4. The van der Waals surface area contributed by atoms with Crippen molar-refractivity contribution in [2.75, 3.05) is 11.4 Å². The third kappa shape index (κ3) is 5.52. The average molecular weight is 488 g/mol. The van der Waals surface area contributed by atoms with E-state index in [4.69, 9.17) is 9.47 Å². The van der Waals surface area contributed by atoms with Crippen molar-refractivity contribution in [1.82, 2.24) is 10.2 Å². The number of alkyl carbamates (subject to hydrolysis) is 1. The van der Waals surface area contributed by atoms with Gasteiger partial charge in [0, 0.05) is 5.69 Å². The van der Waals surface area contributed by atoms with Crippen LogP contribution in [0.5, 0.6) is 0 Å². The lowest BCUT2D eigenvalue weighted by Crippen LogP contribution is -2.43. The number of carbonyl (C=O) groups is 4. The Morgan fingerprint density at radius 3 is 2.11 bits per heavy atom. The fraction of sp³-hybridized carbons (Fsp3) is 0.185. The average Bonchev–Trinajstić information content (AvgIpc) is 3.17. The molecule has 2 unspecified atom stereocenters. The zero-order chi connectivity index (χ0) is 25.5. The van der Waals surface area contributed by atoms with E-state index in [1.165, 1.54) is 11.8 Å². The molecule has 4 rings (SSSR count). The Kier molecular flexibility index (Phi) is 7.60. The lowest BCUT2D eigenvalue weighted by molar-refractivity contribution is -0.157. The van der Waals surface area contributed by atoms with Crippen LogP contribution in [0.1, 0.15) is 24.1 Å². The number of urea groups is 1. The van der Waals surface area contributed by atoms with Crippen LogP contribution in [0, 0.1) is 0 Å². The minimum absolute atomic E-state index is 0.0467. The molecule has 1 aliphatic heterocycles. The van der Waals surface area contributed by atoms with Crippen molar-refractivity contribution in [2.45, 2.75) is 25.8 Å². The van der Waals surface area contributed by atoms with Gasteiger partial charge in [-0.25, -0.2) is 14.5 Å². The van der Waals surface area contributed by atoms with Gasteiger partial charge in [0.05, 0.1) is 0 Å². The van der Waals surface area contributed by atoms with E-state index in [2.05, 4.69) is 5.32 Å². The van der Waals surface area contributed by atoms with Gasteiger partial charge in [-0.3, -0.25) is 14.5 Å². The minimum Gasteiger partial charge on any atom is -0.445 e. The van der Waals surface area contributed by atoms with Crippen LogP contribution in [0.15, 0.2) is 91.0 Å². The number of nitrogens with zero attached hydrogens (tertiary/aromatic N) is 2. The van der Waals surface area contributed by atoms with Crippen LogP contribution >= 0.6 is 0 Å². The number of ether oxygens (including phenoxy) is 2. The van der Waals surface area contributed by atoms with E-state index >= 15 is 0 Å². The van der Waals surface area contributed by atoms with Gasteiger partial charge in [-0.1, -0.05) is 78.9 Å². The van der Waals surface area contributed by atoms with Gasteiger partial charge in [0.25, 0.3) is 5.91 Å². The number of amides is 4. The molecule has 0 aromatic heterocycles. The highest BCUT2D eigenvalue weighted by atomic mass is 16.6. The van der Waals surface area contributed by atoms with E-state index in [0.29, 0.717) is 11.3 Å². The van der Waals surface area contributed by atoms with E-state index in [-0.39, 0.29) is 6.61 Å². The molecule has 36 heavy (non-hydrogen) atoms. The highest BCUT2D eigenvalue weighted by Gasteiger charge is 2.49. The molecule has 9 heteroatoms. The zero-order valence-electron chi connectivity index (χ0n) is 19.6. The third-order valence-corrected chi connectivity index (χ3v) is 5.55. The van der Waals surface area contributed by atoms with Crippen molar-refractivity contribution in [2.24, 2.45) is 0 Å². The van der Waals surface area contributed by atoms with Crippen molar-refractivity contribution in [3.8, 4) is 0 Å². The number of benzene rings is 3. The van der Waals surface area contributed by atoms with Gasteiger partial charge < -0.3 is 14.8 Å². The number of hydrogen-bond donors (Lipinski definition) is 1. The summed E-state index contributed by atoms with van der Waals surface area (Å²) in [4.78, 5) is 53.3. The Morgan fingerprint density at radius 2 is 1.47 bits per heavy atom. The van der Waals surface area contributed by atoms with E-state index < -0.39 is 42.8 Å². The summed E-state index contributed by atoms with van der Waals surface area (Å²) < 4.78 is 10.4. The molecule has 1 aliphatic rings. The van der Waals surface area contributed by atoms with Crippen LogP contribution in [0.2, 0.25) is 0 Å². The summed E-state index contributed by atoms with van der Waals surface area (Å²) >= 11 is 0. The molecule has 4 amide bonds. The summed E-state index contributed by atoms with van der Waals surface area (Å²) in [5.74, 6) is -1.35. The highest BCUT2D eigenvalue weighted by Crippen LogP contribution is 2.36. The fourth-order valence-corrected chi connectivity index (χ4v) is 3.88. The predicted octanol–water partition coefficient (Wildman–Crippen LogP) is 4.01. The van der Waals surface area contributed by atoms with Crippen LogP contribution in [0.25, 0.3) is 0 Å². The molecule has 0 spiro atoms. The summed E-state index contributed by atoms with van der Waals surface area (Å²) in [6.45, 7) is 0.988. The Morgan fingerprint density at radius 1 is 0.889 bits per heavy atom.